The summed E-state index contributed by atoms with van der Waals surface area (Å²) in [7, 11) is 5.91. The quantitative estimate of drug-likeness (QED) is 0.788. The maximum absolute atomic E-state index is 13.8. The number of likely N-dealkylation sites (tertiary alicyclic amines) is 1. The molecule has 0 N–H and O–H groups in total. The fraction of sp³-hybridized carbons (Fsp3) is 0.700. The molecule has 1 aromatic rings. The van der Waals surface area contributed by atoms with Crippen molar-refractivity contribution >= 4 is 0 Å². The minimum absolute atomic E-state index is 0.198. The summed E-state index contributed by atoms with van der Waals surface area (Å²) in [4.78, 5) is 4.88. The smallest absolute Gasteiger partial charge is 0.165 e. The van der Waals surface area contributed by atoms with Crippen molar-refractivity contribution in [2.45, 2.75) is 50.4 Å². The number of piperidine rings is 1. The molecule has 2 saturated heterocycles. The lowest BCUT2D eigenvalue weighted by atomic mass is 10.0. The van der Waals surface area contributed by atoms with E-state index in [9.17, 15) is 4.39 Å². The average Bonchev–Trinajstić information content (AvgIpc) is 3.02. The molecule has 2 aliphatic heterocycles. The Bertz CT molecular complexity index is 561. The summed E-state index contributed by atoms with van der Waals surface area (Å²) in [5, 5.41) is 0. The van der Waals surface area contributed by atoms with Gasteiger partial charge < -0.3 is 19.3 Å². The number of halogens is 1. The zero-order valence-electron chi connectivity index (χ0n) is 15.7. The molecule has 25 heavy (non-hydrogen) atoms. The Kier molecular flexibility index (Phi) is 6.31. The SMILES string of the molecule is COc1ccc(C[C@@H]2CC[C@H](CN(C)C3CCN(C)CC3)O2)cc1F. The van der Waals surface area contributed by atoms with Crippen molar-refractivity contribution in [2.75, 3.05) is 40.8 Å². The van der Waals surface area contributed by atoms with Crippen LogP contribution in [-0.2, 0) is 11.2 Å². The minimum atomic E-state index is -0.295. The van der Waals surface area contributed by atoms with Gasteiger partial charge in [-0.2, -0.15) is 0 Å². The Morgan fingerprint density at radius 3 is 2.60 bits per heavy atom. The van der Waals surface area contributed by atoms with E-state index in [2.05, 4.69) is 23.9 Å². The molecular weight excluding hydrogens is 319 g/mol. The van der Waals surface area contributed by atoms with Crippen LogP contribution < -0.4 is 4.74 Å². The van der Waals surface area contributed by atoms with Gasteiger partial charge in [0.25, 0.3) is 0 Å². The van der Waals surface area contributed by atoms with Gasteiger partial charge in [0, 0.05) is 12.6 Å². The summed E-state index contributed by atoms with van der Waals surface area (Å²) in [6.45, 7) is 3.38. The molecular formula is C20H31FN2O2. The van der Waals surface area contributed by atoms with Crippen molar-refractivity contribution in [1.82, 2.24) is 9.80 Å². The van der Waals surface area contributed by atoms with Crippen LogP contribution in [0.2, 0.25) is 0 Å². The fourth-order valence-corrected chi connectivity index (χ4v) is 4.07. The van der Waals surface area contributed by atoms with E-state index in [1.165, 1.54) is 33.0 Å². The molecule has 0 spiro atoms. The summed E-state index contributed by atoms with van der Waals surface area (Å²) in [5.41, 5.74) is 0.979. The van der Waals surface area contributed by atoms with Crippen molar-refractivity contribution in [3.63, 3.8) is 0 Å². The highest BCUT2D eigenvalue weighted by Gasteiger charge is 2.29. The maximum Gasteiger partial charge on any atom is 0.165 e. The predicted molar refractivity (Wildman–Crippen MR) is 97.7 cm³/mol. The first-order chi connectivity index (χ1) is 12.0. The summed E-state index contributed by atoms with van der Waals surface area (Å²) >= 11 is 0. The molecule has 5 heteroatoms. The summed E-state index contributed by atoms with van der Waals surface area (Å²) in [5.74, 6) is 0.00488. The van der Waals surface area contributed by atoms with Crippen LogP contribution in [0.15, 0.2) is 18.2 Å². The zero-order chi connectivity index (χ0) is 17.8. The van der Waals surface area contributed by atoms with E-state index in [1.807, 2.05) is 6.07 Å². The topological polar surface area (TPSA) is 24.9 Å². The lowest BCUT2D eigenvalue weighted by molar-refractivity contribution is 0.0143. The molecule has 2 aliphatic rings. The van der Waals surface area contributed by atoms with E-state index in [4.69, 9.17) is 9.47 Å². The normalized spacial score (nSPS) is 25.6. The van der Waals surface area contributed by atoms with E-state index >= 15 is 0 Å². The van der Waals surface area contributed by atoms with Crippen LogP contribution in [0.1, 0.15) is 31.2 Å². The number of hydrogen-bond donors (Lipinski definition) is 0. The molecule has 2 fully saturated rings. The maximum atomic E-state index is 13.8. The first-order valence-electron chi connectivity index (χ1n) is 9.42. The van der Waals surface area contributed by atoms with E-state index in [0.29, 0.717) is 17.9 Å². The second kappa shape index (κ2) is 8.47. The summed E-state index contributed by atoms with van der Waals surface area (Å²) in [6, 6.07) is 5.88. The fourth-order valence-electron chi connectivity index (χ4n) is 4.07. The molecule has 0 unspecified atom stereocenters. The Balaban J connectivity index is 1.46. The van der Waals surface area contributed by atoms with Crippen LogP contribution in [0.5, 0.6) is 5.75 Å². The number of hydrogen-bond acceptors (Lipinski definition) is 4. The minimum Gasteiger partial charge on any atom is -0.494 e. The second-order valence-electron chi connectivity index (χ2n) is 7.60. The number of benzene rings is 1. The third-order valence-electron chi connectivity index (χ3n) is 5.68. The predicted octanol–water partition coefficient (Wildman–Crippen LogP) is 2.95. The van der Waals surface area contributed by atoms with Crippen LogP contribution in [0.25, 0.3) is 0 Å². The van der Waals surface area contributed by atoms with Gasteiger partial charge >= 0.3 is 0 Å². The molecule has 0 saturated carbocycles. The second-order valence-corrected chi connectivity index (χ2v) is 7.60. The molecule has 0 radical (unpaired) electrons. The van der Waals surface area contributed by atoms with Gasteiger partial charge in [0.05, 0.1) is 19.3 Å². The highest BCUT2D eigenvalue weighted by atomic mass is 19.1. The van der Waals surface area contributed by atoms with Crippen molar-refractivity contribution in [3.8, 4) is 5.75 Å². The largest absolute Gasteiger partial charge is 0.494 e. The van der Waals surface area contributed by atoms with Crippen LogP contribution in [0, 0.1) is 5.82 Å². The van der Waals surface area contributed by atoms with Crippen LogP contribution >= 0.6 is 0 Å². The van der Waals surface area contributed by atoms with Crippen LogP contribution in [0.3, 0.4) is 0 Å². The Morgan fingerprint density at radius 2 is 1.92 bits per heavy atom. The van der Waals surface area contributed by atoms with Crippen molar-refractivity contribution < 1.29 is 13.9 Å². The van der Waals surface area contributed by atoms with E-state index in [0.717, 1.165) is 31.4 Å². The number of rotatable bonds is 6. The molecule has 0 aromatic heterocycles. The first kappa shape index (κ1) is 18.6. The molecule has 4 nitrogen and oxygen atoms in total. The Labute approximate surface area is 150 Å². The van der Waals surface area contributed by atoms with Gasteiger partial charge in [0.2, 0.25) is 0 Å². The molecule has 3 rings (SSSR count). The van der Waals surface area contributed by atoms with Gasteiger partial charge in [0.15, 0.2) is 11.6 Å². The third kappa shape index (κ3) is 4.93. The summed E-state index contributed by atoms with van der Waals surface area (Å²) in [6.07, 6.45) is 5.92. The highest BCUT2D eigenvalue weighted by molar-refractivity contribution is 5.29. The Morgan fingerprint density at radius 1 is 1.20 bits per heavy atom. The molecule has 0 bridgehead atoms. The zero-order valence-corrected chi connectivity index (χ0v) is 15.7. The lowest BCUT2D eigenvalue weighted by Crippen LogP contribution is -2.44. The number of methoxy groups -OCH3 is 1. The number of likely N-dealkylation sites (N-methyl/N-ethyl adjacent to an activating group) is 1. The van der Waals surface area contributed by atoms with Gasteiger partial charge in [-0.25, -0.2) is 4.39 Å². The average molecular weight is 350 g/mol. The van der Waals surface area contributed by atoms with Crippen LogP contribution in [0.4, 0.5) is 4.39 Å². The molecule has 0 aliphatic carbocycles. The van der Waals surface area contributed by atoms with E-state index in [-0.39, 0.29) is 11.9 Å². The molecule has 1 aromatic carbocycles. The molecule has 140 valence electrons. The number of nitrogens with zero attached hydrogens (tertiary/aromatic N) is 2. The molecule has 2 atom stereocenters. The van der Waals surface area contributed by atoms with Gasteiger partial charge in [-0.15, -0.1) is 0 Å². The van der Waals surface area contributed by atoms with Gasteiger partial charge in [0.1, 0.15) is 0 Å². The lowest BCUT2D eigenvalue weighted by Gasteiger charge is -2.36. The van der Waals surface area contributed by atoms with Gasteiger partial charge in [-0.3, -0.25) is 0 Å². The van der Waals surface area contributed by atoms with Gasteiger partial charge in [-0.05, 0) is 77.0 Å². The van der Waals surface area contributed by atoms with Crippen molar-refractivity contribution in [3.05, 3.63) is 29.6 Å². The third-order valence-corrected chi connectivity index (χ3v) is 5.68. The van der Waals surface area contributed by atoms with Crippen molar-refractivity contribution in [2.24, 2.45) is 0 Å². The molecule has 2 heterocycles. The first-order valence-corrected chi connectivity index (χ1v) is 9.42. The summed E-state index contributed by atoms with van der Waals surface area (Å²) < 4.78 is 25.0. The standard InChI is InChI=1S/C20H31FN2O2/c1-22-10-8-16(9-11-22)23(2)14-18-6-5-17(25-18)12-15-4-7-20(24-3)19(21)13-15/h4,7,13,16-18H,5-6,8-12,14H2,1-3H3/t17-,18+/m0/s1. The molecule has 0 amide bonds. The number of ether oxygens (including phenoxy) is 2. The Hall–Kier alpha value is -1.17. The highest BCUT2D eigenvalue weighted by Crippen LogP contribution is 2.26. The van der Waals surface area contributed by atoms with Crippen LogP contribution in [-0.4, -0.2) is 68.9 Å². The van der Waals surface area contributed by atoms with Gasteiger partial charge in [-0.1, -0.05) is 6.07 Å². The van der Waals surface area contributed by atoms with E-state index in [1.54, 1.807) is 12.1 Å². The monoisotopic (exact) mass is 350 g/mol. The van der Waals surface area contributed by atoms with E-state index < -0.39 is 0 Å². The van der Waals surface area contributed by atoms with Crippen molar-refractivity contribution in [1.29, 1.82) is 0 Å².